The molecule has 3 nitrogen and oxygen atoms in total. The molecule has 0 aliphatic heterocycles. The molecule has 0 spiro atoms. The summed E-state index contributed by atoms with van der Waals surface area (Å²) in [6, 6.07) is 13.6. The number of hydrogen-bond donors (Lipinski definition) is 1. The van der Waals surface area contributed by atoms with E-state index in [4.69, 9.17) is 0 Å². The molecule has 1 heterocycles. The van der Waals surface area contributed by atoms with Crippen LogP contribution in [0.2, 0.25) is 0 Å². The minimum absolute atomic E-state index is 0.0599. The van der Waals surface area contributed by atoms with E-state index in [-0.39, 0.29) is 11.9 Å². The third-order valence-electron chi connectivity index (χ3n) is 3.70. The van der Waals surface area contributed by atoms with Crippen LogP contribution in [-0.2, 0) is 6.42 Å². The van der Waals surface area contributed by atoms with Crippen molar-refractivity contribution in [1.82, 2.24) is 10.3 Å². The zero-order chi connectivity index (χ0) is 15.5. The maximum atomic E-state index is 12.6. The predicted molar refractivity (Wildman–Crippen MR) is 91.3 cm³/mol. The Kier molecular flexibility index (Phi) is 4.20. The second-order valence-electron chi connectivity index (χ2n) is 5.24. The van der Waals surface area contributed by atoms with E-state index >= 15 is 0 Å². The average molecular weight is 310 g/mol. The summed E-state index contributed by atoms with van der Waals surface area (Å²) in [5.74, 6) is -0.0599. The van der Waals surface area contributed by atoms with E-state index in [0.717, 1.165) is 27.9 Å². The van der Waals surface area contributed by atoms with E-state index in [1.807, 2.05) is 54.8 Å². The first-order chi connectivity index (χ1) is 10.7. The van der Waals surface area contributed by atoms with Gasteiger partial charge in [0.1, 0.15) is 0 Å². The quantitative estimate of drug-likeness (QED) is 0.778. The molecule has 0 fully saturated rings. The van der Waals surface area contributed by atoms with Gasteiger partial charge in [0.15, 0.2) is 0 Å². The van der Waals surface area contributed by atoms with E-state index in [1.54, 1.807) is 11.3 Å². The Morgan fingerprint density at radius 2 is 2.00 bits per heavy atom. The molecule has 1 N–H and O–H groups in total. The van der Waals surface area contributed by atoms with Crippen molar-refractivity contribution in [1.29, 1.82) is 0 Å². The van der Waals surface area contributed by atoms with Crippen molar-refractivity contribution < 1.29 is 4.79 Å². The highest BCUT2D eigenvalue weighted by Crippen LogP contribution is 2.21. The van der Waals surface area contributed by atoms with Gasteiger partial charge in [0.2, 0.25) is 0 Å². The van der Waals surface area contributed by atoms with Gasteiger partial charge in [-0.15, -0.1) is 11.3 Å². The van der Waals surface area contributed by atoms with Crippen LogP contribution in [0.5, 0.6) is 0 Å². The lowest BCUT2D eigenvalue weighted by Crippen LogP contribution is -2.27. The van der Waals surface area contributed by atoms with Gasteiger partial charge in [0.25, 0.3) is 5.91 Å². The van der Waals surface area contributed by atoms with Crippen molar-refractivity contribution in [2.45, 2.75) is 26.3 Å². The molecule has 0 saturated heterocycles. The van der Waals surface area contributed by atoms with Crippen molar-refractivity contribution in [3.8, 4) is 0 Å². The largest absolute Gasteiger partial charge is 0.344 e. The molecule has 1 unspecified atom stereocenters. The molecule has 1 amide bonds. The fourth-order valence-electron chi connectivity index (χ4n) is 2.46. The van der Waals surface area contributed by atoms with Crippen LogP contribution >= 0.6 is 11.3 Å². The molecule has 4 heteroatoms. The van der Waals surface area contributed by atoms with Crippen molar-refractivity contribution in [3.05, 3.63) is 64.1 Å². The van der Waals surface area contributed by atoms with Crippen molar-refractivity contribution in [2.24, 2.45) is 0 Å². The van der Waals surface area contributed by atoms with Crippen LogP contribution in [0.15, 0.2) is 47.8 Å². The van der Waals surface area contributed by atoms with Gasteiger partial charge in [-0.3, -0.25) is 4.79 Å². The number of carbonyl (C=O) groups excluding carboxylic acids is 1. The Labute approximate surface area is 134 Å². The summed E-state index contributed by atoms with van der Waals surface area (Å²) < 4.78 is 0. The van der Waals surface area contributed by atoms with Crippen molar-refractivity contribution in [3.63, 3.8) is 0 Å². The summed E-state index contributed by atoms with van der Waals surface area (Å²) in [4.78, 5) is 17.1. The molecule has 0 saturated carbocycles. The lowest BCUT2D eigenvalue weighted by Gasteiger charge is -2.13. The van der Waals surface area contributed by atoms with Crippen LogP contribution in [0, 0.1) is 0 Å². The number of rotatable bonds is 4. The maximum absolute atomic E-state index is 12.6. The first-order valence-electron chi connectivity index (χ1n) is 7.42. The van der Waals surface area contributed by atoms with Crippen LogP contribution in [0.25, 0.3) is 10.8 Å². The average Bonchev–Trinajstić information content (AvgIpc) is 3.03. The van der Waals surface area contributed by atoms with Crippen molar-refractivity contribution in [2.75, 3.05) is 0 Å². The zero-order valence-corrected chi connectivity index (χ0v) is 13.5. The highest BCUT2D eigenvalue weighted by Gasteiger charge is 2.15. The third-order valence-corrected chi connectivity index (χ3v) is 4.71. The Bertz CT molecular complexity index is 804. The van der Waals surface area contributed by atoms with Crippen LogP contribution < -0.4 is 5.32 Å². The highest BCUT2D eigenvalue weighted by molar-refractivity contribution is 7.09. The molecule has 3 rings (SSSR count). The number of carbonyl (C=O) groups is 1. The summed E-state index contributed by atoms with van der Waals surface area (Å²) in [7, 11) is 0. The molecular weight excluding hydrogens is 292 g/mol. The monoisotopic (exact) mass is 310 g/mol. The molecule has 0 aliphatic rings. The summed E-state index contributed by atoms with van der Waals surface area (Å²) in [5.41, 5.74) is 1.63. The van der Waals surface area contributed by atoms with Crippen LogP contribution in [-0.4, -0.2) is 10.9 Å². The molecule has 22 heavy (non-hydrogen) atoms. The third kappa shape index (κ3) is 2.88. The minimum Gasteiger partial charge on any atom is -0.344 e. The number of nitrogens with zero attached hydrogens (tertiary/aromatic N) is 1. The normalized spacial score (nSPS) is 12.3. The Hall–Kier alpha value is -2.20. The number of thiazole rings is 1. The highest BCUT2D eigenvalue weighted by atomic mass is 32.1. The smallest absolute Gasteiger partial charge is 0.252 e. The standard InChI is InChI=1S/C18H18N2OS/c1-3-17-20-16(11-22-17)12(2)19-18(21)15-10-6-8-13-7-4-5-9-14(13)15/h4-12H,3H2,1-2H3,(H,19,21). The molecule has 2 aromatic carbocycles. The van der Waals surface area contributed by atoms with Gasteiger partial charge in [-0.2, -0.15) is 0 Å². The fourth-order valence-corrected chi connectivity index (χ4v) is 3.30. The van der Waals surface area contributed by atoms with Gasteiger partial charge in [-0.25, -0.2) is 4.98 Å². The van der Waals surface area contributed by atoms with Crippen LogP contribution in [0.3, 0.4) is 0 Å². The lowest BCUT2D eigenvalue weighted by atomic mass is 10.0. The molecule has 1 aromatic heterocycles. The molecule has 0 radical (unpaired) electrons. The number of fused-ring (bicyclic) bond motifs is 1. The number of aryl methyl sites for hydroxylation is 1. The first kappa shape index (κ1) is 14.7. The first-order valence-corrected chi connectivity index (χ1v) is 8.30. The van der Waals surface area contributed by atoms with Crippen molar-refractivity contribution >= 4 is 28.0 Å². The lowest BCUT2D eigenvalue weighted by molar-refractivity contribution is 0.0941. The summed E-state index contributed by atoms with van der Waals surface area (Å²) in [5, 5.41) is 8.21. The van der Waals surface area contributed by atoms with Gasteiger partial charge >= 0.3 is 0 Å². The Morgan fingerprint density at radius 3 is 2.77 bits per heavy atom. The van der Waals surface area contributed by atoms with Crippen LogP contribution in [0.4, 0.5) is 0 Å². The number of aromatic nitrogens is 1. The van der Waals surface area contributed by atoms with E-state index in [2.05, 4.69) is 17.2 Å². The van der Waals surface area contributed by atoms with Gasteiger partial charge in [0.05, 0.1) is 16.7 Å². The van der Waals surface area contributed by atoms with Gasteiger partial charge < -0.3 is 5.32 Å². The molecule has 112 valence electrons. The Morgan fingerprint density at radius 1 is 1.23 bits per heavy atom. The minimum atomic E-state index is -0.0944. The predicted octanol–water partition coefficient (Wildman–Crippen LogP) is 4.35. The van der Waals surface area contributed by atoms with Gasteiger partial charge in [-0.1, -0.05) is 43.3 Å². The van der Waals surface area contributed by atoms with Gasteiger partial charge in [0, 0.05) is 10.9 Å². The number of hydrogen-bond acceptors (Lipinski definition) is 3. The van der Waals surface area contributed by atoms with Crippen LogP contribution in [0.1, 0.15) is 40.9 Å². The number of amides is 1. The summed E-state index contributed by atoms with van der Waals surface area (Å²) in [6.45, 7) is 4.06. The maximum Gasteiger partial charge on any atom is 0.252 e. The summed E-state index contributed by atoms with van der Waals surface area (Å²) in [6.07, 6.45) is 0.925. The second kappa shape index (κ2) is 6.28. The summed E-state index contributed by atoms with van der Waals surface area (Å²) >= 11 is 1.64. The van der Waals surface area contributed by atoms with E-state index in [9.17, 15) is 4.79 Å². The topological polar surface area (TPSA) is 42.0 Å². The molecule has 1 atom stereocenters. The molecular formula is C18H18N2OS. The molecule has 0 aliphatic carbocycles. The van der Waals surface area contributed by atoms with E-state index < -0.39 is 0 Å². The second-order valence-corrected chi connectivity index (χ2v) is 6.18. The SMILES string of the molecule is CCc1nc(C(C)NC(=O)c2cccc3ccccc23)cs1. The molecule has 0 bridgehead atoms. The zero-order valence-electron chi connectivity index (χ0n) is 12.7. The fraction of sp³-hybridized carbons (Fsp3) is 0.222. The number of benzene rings is 2. The number of nitrogens with one attached hydrogen (secondary N) is 1. The molecule has 3 aromatic rings. The van der Waals surface area contributed by atoms with Gasteiger partial charge in [-0.05, 0) is 30.2 Å². The van der Waals surface area contributed by atoms with E-state index in [0.29, 0.717) is 5.56 Å². The van der Waals surface area contributed by atoms with E-state index in [1.165, 1.54) is 0 Å². The Balaban J connectivity index is 1.84.